The van der Waals surface area contributed by atoms with Crippen LogP contribution in [-0.4, -0.2) is 82.9 Å². The minimum Gasteiger partial charge on any atom is -0.496 e. The minimum atomic E-state index is -5.08. The van der Waals surface area contributed by atoms with Gasteiger partial charge in [-0.1, -0.05) is 24.3 Å². The van der Waals surface area contributed by atoms with Crippen LogP contribution in [-0.2, 0) is 32.2 Å². The van der Waals surface area contributed by atoms with Gasteiger partial charge in [-0.15, -0.1) is 0 Å². The lowest BCUT2D eigenvalue weighted by Gasteiger charge is -2.53. The van der Waals surface area contributed by atoms with Crippen LogP contribution < -0.4 is 4.74 Å². The summed E-state index contributed by atoms with van der Waals surface area (Å²) in [6.07, 6.45) is -8.00. The molecule has 228 valence electrons. The number of ether oxygens (including phenoxy) is 3. The number of carbonyl (C=O) groups is 2. The summed E-state index contributed by atoms with van der Waals surface area (Å²) in [6, 6.07) is 14.3. The molecule has 2 aliphatic rings. The quantitative estimate of drug-likeness (QED) is 0.461. The van der Waals surface area contributed by atoms with Gasteiger partial charge in [-0.2, -0.15) is 26.3 Å². The molecule has 41 heavy (non-hydrogen) atoms. The fourth-order valence-electron chi connectivity index (χ4n) is 4.18. The van der Waals surface area contributed by atoms with Gasteiger partial charge in [0.25, 0.3) is 0 Å². The number of pyridine rings is 1. The van der Waals surface area contributed by atoms with Gasteiger partial charge in [0.05, 0.1) is 31.1 Å². The lowest BCUT2D eigenvalue weighted by molar-refractivity contribution is -0.200. The van der Waals surface area contributed by atoms with E-state index < -0.39 is 24.3 Å². The number of likely N-dealkylation sites (tertiary alicyclic amines) is 1. The number of alkyl halides is 6. The third kappa shape index (κ3) is 11.2. The van der Waals surface area contributed by atoms with Crippen molar-refractivity contribution in [3.63, 3.8) is 0 Å². The third-order valence-corrected chi connectivity index (χ3v) is 5.96. The molecule has 2 aliphatic heterocycles. The Morgan fingerprint density at radius 3 is 2.15 bits per heavy atom. The SMILES string of the molecule is COc1ccccc1CN1CC2(CC(OCc3cccc(C)n3)CCO2)C1.O=C(O)C(F)(F)F.O=C(O)C(F)(F)F. The van der Waals surface area contributed by atoms with E-state index in [0.29, 0.717) is 6.61 Å². The molecule has 2 N–H and O–H groups in total. The minimum absolute atomic E-state index is 0.0506. The number of para-hydroxylation sites is 1. The standard InChI is InChI=1S/C22H28N2O3.2C2HF3O2/c1-17-6-5-8-19(23-17)14-26-20-10-11-27-22(12-20)15-24(16-22)13-18-7-3-4-9-21(18)25-2;2*3-2(4,5)1(6)7/h3-9,20H,10-16H2,1-2H3;2*(H,6,7). The summed E-state index contributed by atoms with van der Waals surface area (Å²) < 4.78 is 81.3. The van der Waals surface area contributed by atoms with Gasteiger partial charge in [0, 0.05) is 43.9 Å². The molecule has 0 radical (unpaired) electrons. The highest BCUT2D eigenvalue weighted by Crippen LogP contribution is 2.37. The number of halogens is 6. The molecule has 1 aromatic heterocycles. The molecule has 0 bridgehead atoms. The highest BCUT2D eigenvalue weighted by molar-refractivity contribution is 5.73. The zero-order valence-electron chi connectivity index (χ0n) is 22.2. The Bertz CT molecular complexity index is 1130. The van der Waals surface area contributed by atoms with E-state index in [1.165, 1.54) is 5.56 Å². The molecule has 1 spiro atoms. The first-order valence-electron chi connectivity index (χ1n) is 12.2. The first-order chi connectivity index (χ1) is 19.0. The molecule has 1 aromatic carbocycles. The van der Waals surface area contributed by atoms with Crippen molar-refractivity contribution in [3.05, 3.63) is 59.4 Å². The van der Waals surface area contributed by atoms with Crippen molar-refractivity contribution >= 4 is 11.9 Å². The number of rotatable bonds is 6. The van der Waals surface area contributed by atoms with E-state index in [4.69, 9.17) is 34.0 Å². The lowest BCUT2D eigenvalue weighted by atomic mass is 9.84. The molecule has 3 heterocycles. The van der Waals surface area contributed by atoms with Gasteiger partial charge in [0.15, 0.2) is 0 Å². The highest BCUT2D eigenvalue weighted by atomic mass is 19.4. The van der Waals surface area contributed by atoms with Crippen LogP contribution in [0.1, 0.15) is 29.8 Å². The van der Waals surface area contributed by atoms with Gasteiger partial charge < -0.3 is 24.4 Å². The van der Waals surface area contributed by atoms with Crippen molar-refractivity contribution in [2.75, 3.05) is 26.8 Å². The second-order valence-corrected chi connectivity index (χ2v) is 9.29. The largest absolute Gasteiger partial charge is 0.496 e. The number of carboxylic acid groups (broad SMARTS) is 2. The molecule has 2 aromatic rings. The fraction of sp³-hybridized carbons (Fsp3) is 0.500. The number of nitrogens with zero attached hydrogens (tertiary/aromatic N) is 2. The van der Waals surface area contributed by atoms with E-state index in [9.17, 15) is 26.3 Å². The van der Waals surface area contributed by atoms with E-state index in [0.717, 1.165) is 56.2 Å². The number of aromatic nitrogens is 1. The van der Waals surface area contributed by atoms with Gasteiger partial charge in [0.1, 0.15) is 5.75 Å². The molecular weight excluding hydrogens is 566 g/mol. The predicted octanol–water partition coefficient (Wildman–Crippen LogP) is 4.62. The topological polar surface area (TPSA) is 118 Å². The van der Waals surface area contributed by atoms with Crippen molar-refractivity contribution in [3.8, 4) is 5.75 Å². The Balaban J connectivity index is 0.000000349. The first-order valence-corrected chi connectivity index (χ1v) is 12.2. The molecular formula is C26H30F6N2O7. The number of methoxy groups -OCH3 is 1. The van der Waals surface area contributed by atoms with E-state index >= 15 is 0 Å². The summed E-state index contributed by atoms with van der Waals surface area (Å²) in [4.78, 5) is 24.7. The van der Waals surface area contributed by atoms with E-state index in [1.807, 2.05) is 37.3 Å². The van der Waals surface area contributed by atoms with Crippen LogP contribution in [0.3, 0.4) is 0 Å². The zero-order chi connectivity index (χ0) is 30.8. The Labute approximate surface area is 231 Å². The van der Waals surface area contributed by atoms with Crippen molar-refractivity contribution in [2.45, 2.75) is 57.0 Å². The van der Waals surface area contributed by atoms with Gasteiger partial charge >= 0.3 is 24.3 Å². The number of aryl methyl sites for hydroxylation is 1. The van der Waals surface area contributed by atoms with Crippen LogP contribution in [0.4, 0.5) is 26.3 Å². The Morgan fingerprint density at radius 1 is 1.02 bits per heavy atom. The summed E-state index contributed by atoms with van der Waals surface area (Å²) in [5.41, 5.74) is 3.21. The van der Waals surface area contributed by atoms with Gasteiger partial charge in [0.2, 0.25) is 0 Å². The Kier molecular flexibility index (Phi) is 11.9. The summed E-state index contributed by atoms with van der Waals surface area (Å²) in [7, 11) is 1.73. The van der Waals surface area contributed by atoms with Crippen molar-refractivity contribution in [1.82, 2.24) is 9.88 Å². The third-order valence-electron chi connectivity index (χ3n) is 5.96. The number of aliphatic carboxylic acids is 2. The lowest BCUT2D eigenvalue weighted by Crippen LogP contribution is -2.65. The van der Waals surface area contributed by atoms with Gasteiger partial charge in [-0.25, -0.2) is 9.59 Å². The first kappa shape index (κ1) is 33.8. The monoisotopic (exact) mass is 596 g/mol. The molecule has 15 heteroatoms. The second-order valence-electron chi connectivity index (χ2n) is 9.29. The van der Waals surface area contributed by atoms with Crippen molar-refractivity contribution in [1.29, 1.82) is 0 Å². The number of hydrogen-bond donors (Lipinski definition) is 2. The van der Waals surface area contributed by atoms with Crippen LogP contribution in [0.25, 0.3) is 0 Å². The summed E-state index contributed by atoms with van der Waals surface area (Å²) in [5, 5.41) is 14.2. The molecule has 0 saturated carbocycles. The number of carboxylic acids is 2. The molecule has 2 saturated heterocycles. The maximum atomic E-state index is 10.6. The zero-order valence-corrected chi connectivity index (χ0v) is 22.2. The average Bonchev–Trinajstić information content (AvgIpc) is 2.87. The van der Waals surface area contributed by atoms with E-state index in [-0.39, 0.29) is 11.7 Å². The van der Waals surface area contributed by atoms with Crippen LogP contribution in [0, 0.1) is 6.92 Å². The number of hydrogen-bond acceptors (Lipinski definition) is 7. The van der Waals surface area contributed by atoms with Crippen molar-refractivity contribution < 1.29 is 60.4 Å². The van der Waals surface area contributed by atoms with Gasteiger partial charge in [-0.3, -0.25) is 9.88 Å². The fourth-order valence-corrected chi connectivity index (χ4v) is 4.18. The smallest absolute Gasteiger partial charge is 0.490 e. The summed E-state index contributed by atoms with van der Waals surface area (Å²) >= 11 is 0. The normalized spacial score (nSPS) is 18.2. The maximum absolute atomic E-state index is 10.6. The maximum Gasteiger partial charge on any atom is 0.490 e. The summed E-state index contributed by atoms with van der Waals surface area (Å²) in [6.45, 7) is 6.16. The highest BCUT2D eigenvalue weighted by Gasteiger charge is 2.47. The van der Waals surface area contributed by atoms with E-state index in [1.54, 1.807) is 7.11 Å². The summed E-state index contributed by atoms with van der Waals surface area (Å²) in [5.74, 6) is -4.56. The molecule has 0 aliphatic carbocycles. The molecule has 2 fully saturated rings. The second kappa shape index (κ2) is 14.5. The molecule has 1 unspecified atom stereocenters. The van der Waals surface area contributed by atoms with E-state index in [2.05, 4.69) is 22.0 Å². The number of benzene rings is 1. The molecule has 0 amide bonds. The Hall–Kier alpha value is -3.43. The van der Waals surface area contributed by atoms with Crippen LogP contribution in [0.15, 0.2) is 42.5 Å². The molecule has 4 rings (SSSR count). The van der Waals surface area contributed by atoms with Gasteiger partial charge in [-0.05, 0) is 31.5 Å². The molecule has 1 atom stereocenters. The van der Waals surface area contributed by atoms with Crippen LogP contribution in [0.5, 0.6) is 5.75 Å². The van der Waals surface area contributed by atoms with Crippen LogP contribution >= 0.6 is 0 Å². The van der Waals surface area contributed by atoms with Crippen molar-refractivity contribution in [2.24, 2.45) is 0 Å². The Morgan fingerprint density at radius 2 is 1.61 bits per heavy atom. The predicted molar refractivity (Wildman–Crippen MR) is 131 cm³/mol. The average molecular weight is 597 g/mol. The van der Waals surface area contributed by atoms with Crippen LogP contribution in [0.2, 0.25) is 0 Å². The molecule has 9 nitrogen and oxygen atoms in total.